The fourth-order valence-electron chi connectivity index (χ4n) is 2.55. The molecule has 1 fully saturated rings. The zero-order chi connectivity index (χ0) is 20.0. The first-order chi connectivity index (χ1) is 12.6. The summed E-state index contributed by atoms with van der Waals surface area (Å²) in [5, 5.41) is 2.96. The van der Waals surface area contributed by atoms with Crippen LogP contribution in [-0.4, -0.2) is 53.2 Å². The zero-order valence-corrected chi connectivity index (χ0v) is 16.4. The highest BCUT2D eigenvalue weighted by Gasteiger charge is 2.32. The number of ether oxygens (including phenoxy) is 2. The number of hydrogen-bond donors (Lipinski definition) is 1. The highest BCUT2D eigenvalue weighted by Crippen LogP contribution is 2.20. The number of esters is 1. The number of likely N-dealkylation sites (tertiary alicyclic amines) is 1. The summed E-state index contributed by atoms with van der Waals surface area (Å²) < 4.78 is 10.4. The molecule has 1 unspecified atom stereocenters. The molecule has 1 aromatic heterocycles. The Morgan fingerprint density at radius 3 is 2.70 bits per heavy atom. The van der Waals surface area contributed by atoms with Gasteiger partial charge in [-0.1, -0.05) is 11.6 Å². The zero-order valence-electron chi connectivity index (χ0n) is 15.7. The van der Waals surface area contributed by atoms with E-state index in [1.165, 1.54) is 11.1 Å². The Hall–Kier alpha value is -2.35. The molecule has 1 atom stereocenters. The van der Waals surface area contributed by atoms with E-state index in [9.17, 15) is 14.4 Å². The van der Waals surface area contributed by atoms with Crippen LogP contribution in [0.1, 0.15) is 33.6 Å². The second-order valence-corrected chi connectivity index (χ2v) is 7.72. The second-order valence-electron chi connectivity index (χ2n) is 7.28. The molecule has 148 valence electrons. The quantitative estimate of drug-likeness (QED) is 0.784. The molecule has 1 aromatic rings. The van der Waals surface area contributed by atoms with Gasteiger partial charge in [0.25, 0.3) is 5.91 Å². The van der Waals surface area contributed by atoms with Crippen LogP contribution in [0.3, 0.4) is 0 Å². The van der Waals surface area contributed by atoms with E-state index in [2.05, 4.69) is 10.3 Å². The fourth-order valence-corrected chi connectivity index (χ4v) is 2.66. The largest absolute Gasteiger partial charge is 0.455 e. The summed E-state index contributed by atoms with van der Waals surface area (Å²) in [5.41, 5.74) is -0.599. The first-order valence-electron chi connectivity index (χ1n) is 8.70. The Balaban J connectivity index is 1.80. The van der Waals surface area contributed by atoms with E-state index in [-0.39, 0.29) is 6.54 Å². The molecule has 0 aromatic carbocycles. The van der Waals surface area contributed by atoms with Crippen molar-refractivity contribution in [2.75, 3.05) is 25.0 Å². The normalized spacial score (nSPS) is 17.2. The summed E-state index contributed by atoms with van der Waals surface area (Å²) in [4.78, 5) is 41.7. The molecule has 9 heteroatoms. The number of nitrogens with zero attached hydrogens (tertiary/aromatic N) is 2. The van der Waals surface area contributed by atoms with Crippen LogP contribution < -0.4 is 5.32 Å². The summed E-state index contributed by atoms with van der Waals surface area (Å²) in [6.45, 7) is 5.68. The van der Waals surface area contributed by atoms with Gasteiger partial charge in [0, 0.05) is 19.3 Å². The molecule has 0 bridgehead atoms. The van der Waals surface area contributed by atoms with Crippen molar-refractivity contribution >= 4 is 35.4 Å². The highest BCUT2D eigenvalue weighted by molar-refractivity contribution is 6.30. The molecule has 27 heavy (non-hydrogen) atoms. The number of aromatic nitrogens is 1. The minimum atomic E-state index is -0.599. The standard InChI is InChI=1S/C18H24ClN3O5/c1-18(2,3)27-17(25)22-8-4-5-12(10-22)16(24)26-11-15(23)21-14-7-6-13(19)9-20-14/h6-7,9,12H,4-5,8,10-11H2,1-3H3,(H,20,21,23). The van der Waals surface area contributed by atoms with Crippen LogP contribution in [0.2, 0.25) is 5.02 Å². The highest BCUT2D eigenvalue weighted by atomic mass is 35.5. The van der Waals surface area contributed by atoms with Gasteiger partial charge in [-0.05, 0) is 45.7 Å². The monoisotopic (exact) mass is 397 g/mol. The van der Waals surface area contributed by atoms with Crippen molar-refractivity contribution in [2.45, 2.75) is 39.2 Å². The molecule has 1 aliphatic rings. The first-order valence-corrected chi connectivity index (χ1v) is 9.08. The minimum absolute atomic E-state index is 0.216. The van der Waals surface area contributed by atoms with E-state index in [4.69, 9.17) is 21.1 Å². The topological polar surface area (TPSA) is 97.8 Å². The molecule has 2 rings (SSSR count). The van der Waals surface area contributed by atoms with Crippen LogP contribution in [0.4, 0.5) is 10.6 Å². The van der Waals surface area contributed by atoms with E-state index in [1.807, 2.05) is 0 Å². The average Bonchev–Trinajstić information content (AvgIpc) is 2.60. The number of amides is 2. The van der Waals surface area contributed by atoms with Gasteiger partial charge in [-0.25, -0.2) is 9.78 Å². The Labute approximate surface area is 163 Å². The van der Waals surface area contributed by atoms with Gasteiger partial charge in [0.2, 0.25) is 0 Å². The van der Waals surface area contributed by atoms with Crippen molar-refractivity contribution in [1.82, 2.24) is 9.88 Å². The molecular weight excluding hydrogens is 374 g/mol. The number of anilines is 1. The average molecular weight is 398 g/mol. The predicted octanol–water partition coefficient (Wildman–Crippen LogP) is 2.86. The van der Waals surface area contributed by atoms with Crippen LogP contribution in [0.5, 0.6) is 0 Å². The molecule has 2 amide bonds. The van der Waals surface area contributed by atoms with Crippen molar-refractivity contribution in [3.8, 4) is 0 Å². The van der Waals surface area contributed by atoms with Crippen LogP contribution in [0, 0.1) is 5.92 Å². The van der Waals surface area contributed by atoms with Crippen LogP contribution in [0.15, 0.2) is 18.3 Å². The number of hydrogen-bond acceptors (Lipinski definition) is 6. The van der Waals surface area contributed by atoms with E-state index < -0.39 is 36.1 Å². The molecule has 0 aliphatic carbocycles. The molecule has 0 radical (unpaired) electrons. The second kappa shape index (κ2) is 9.03. The fraction of sp³-hybridized carbons (Fsp3) is 0.556. The Bertz CT molecular complexity index is 687. The maximum Gasteiger partial charge on any atom is 0.410 e. The maximum atomic E-state index is 12.2. The molecule has 1 N–H and O–H groups in total. The van der Waals surface area contributed by atoms with Crippen molar-refractivity contribution in [2.24, 2.45) is 5.92 Å². The predicted molar refractivity (Wildman–Crippen MR) is 99.4 cm³/mol. The van der Waals surface area contributed by atoms with E-state index in [0.717, 1.165) is 0 Å². The third-order valence-corrected chi connectivity index (χ3v) is 3.97. The van der Waals surface area contributed by atoms with Gasteiger partial charge in [-0.3, -0.25) is 9.59 Å². The Morgan fingerprint density at radius 1 is 1.33 bits per heavy atom. The lowest BCUT2D eigenvalue weighted by Crippen LogP contribution is -2.45. The summed E-state index contributed by atoms with van der Waals surface area (Å²) in [6, 6.07) is 3.13. The number of pyridine rings is 1. The smallest absolute Gasteiger partial charge is 0.410 e. The molecule has 2 heterocycles. The van der Waals surface area contributed by atoms with Gasteiger partial charge in [0.1, 0.15) is 11.4 Å². The van der Waals surface area contributed by atoms with Gasteiger partial charge in [-0.15, -0.1) is 0 Å². The van der Waals surface area contributed by atoms with E-state index >= 15 is 0 Å². The van der Waals surface area contributed by atoms with Crippen molar-refractivity contribution in [3.05, 3.63) is 23.4 Å². The third kappa shape index (κ3) is 7.05. The number of carbonyl (C=O) groups is 3. The molecule has 0 saturated carbocycles. The number of rotatable bonds is 4. The van der Waals surface area contributed by atoms with Gasteiger partial charge >= 0.3 is 12.1 Å². The number of carbonyl (C=O) groups excluding carboxylic acids is 3. The summed E-state index contributed by atoms with van der Waals surface area (Å²) in [7, 11) is 0. The SMILES string of the molecule is CC(C)(C)OC(=O)N1CCCC(C(=O)OCC(=O)Nc2ccc(Cl)cn2)C1. The summed E-state index contributed by atoms with van der Waals surface area (Å²) in [5.74, 6) is -1.18. The lowest BCUT2D eigenvalue weighted by Gasteiger charge is -2.33. The van der Waals surface area contributed by atoms with E-state index in [0.29, 0.717) is 30.2 Å². The maximum absolute atomic E-state index is 12.2. The number of halogens is 1. The van der Waals surface area contributed by atoms with Crippen LogP contribution >= 0.6 is 11.6 Å². The van der Waals surface area contributed by atoms with Gasteiger partial charge in [0.15, 0.2) is 6.61 Å². The lowest BCUT2D eigenvalue weighted by atomic mass is 9.98. The molecule has 0 spiro atoms. The van der Waals surface area contributed by atoms with Crippen molar-refractivity contribution < 1.29 is 23.9 Å². The lowest BCUT2D eigenvalue weighted by molar-refractivity contribution is -0.153. The van der Waals surface area contributed by atoms with Crippen LogP contribution in [0.25, 0.3) is 0 Å². The van der Waals surface area contributed by atoms with Gasteiger partial charge < -0.3 is 19.7 Å². The first kappa shape index (κ1) is 21.0. The van der Waals surface area contributed by atoms with Crippen molar-refractivity contribution in [1.29, 1.82) is 0 Å². The van der Waals surface area contributed by atoms with Crippen LogP contribution in [-0.2, 0) is 19.1 Å². The summed E-state index contributed by atoms with van der Waals surface area (Å²) in [6.07, 6.45) is 2.21. The Morgan fingerprint density at radius 2 is 2.07 bits per heavy atom. The molecule has 8 nitrogen and oxygen atoms in total. The molecular formula is C18H24ClN3O5. The minimum Gasteiger partial charge on any atom is -0.455 e. The van der Waals surface area contributed by atoms with Gasteiger partial charge in [-0.2, -0.15) is 0 Å². The third-order valence-electron chi connectivity index (χ3n) is 3.75. The molecule has 1 saturated heterocycles. The van der Waals surface area contributed by atoms with Gasteiger partial charge in [0.05, 0.1) is 10.9 Å². The Kier molecular flexibility index (Phi) is 7.01. The summed E-state index contributed by atoms with van der Waals surface area (Å²) >= 11 is 5.72. The number of nitrogens with one attached hydrogen (secondary N) is 1. The molecule has 1 aliphatic heterocycles. The van der Waals surface area contributed by atoms with E-state index in [1.54, 1.807) is 32.9 Å². The van der Waals surface area contributed by atoms with Crippen molar-refractivity contribution in [3.63, 3.8) is 0 Å². The number of piperidine rings is 1.